The van der Waals surface area contributed by atoms with Crippen LogP contribution in [0.15, 0.2) is 6.07 Å². The molecule has 2 aliphatic rings. The van der Waals surface area contributed by atoms with Crippen molar-refractivity contribution < 1.29 is 14.2 Å². The lowest BCUT2D eigenvalue weighted by Crippen LogP contribution is -2.39. The van der Waals surface area contributed by atoms with E-state index in [2.05, 4.69) is 9.80 Å². The predicted octanol–water partition coefficient (Wildman–Crippen LogP) is 1.37. The minimum atomic E-state index is 0.731. The Kier molecular flexibility index (Phi) is 5.81. The lowest BCUT2D eigenvalue weighted by atomic mass is 9.96. The number of hydrogen-bond donors (Lipinski definition) is 1. The van der Waals surface area contributed by atoms with Crippen molar-refractivity contribution in [1.82, 2.24) is 9.80 Å². The Balaban J connectivity index is 1.59. The van der Waals surface area contributed by atoms with E-state index in [1.54, 1.807) is 14.2 Å². The first-order chi connectivity index (χ1) is 11.7. The number of methoxy groups -OCH3 is 2. The van der Waals surface area contributed by atoms with Gasteiger partial charge in [-0.1, -0.05) is 0 Å². The maximum atomic E-state index is 6.26. The van der Waals surface area contributed by atoms with Crippen LogP contribution in [-0.2, 0) is 17.7 Å². The molecule has 24 heavy (non-hydrogen) atoms. The fourth-order valence-corrected chi connectivity index (χ4v) is 3.69. The average molecular weight is 335 g/mol. The van der Waals surface area contributed by atoms with Crippen LogP contribution in [0.2, 0.25) is 0 Å². The molecule has 0 bridgehead atoms. The Morgan fingerprint density at radius 1 is 1.04 bits per heavy atom. The van der Waals surface area contributed by atoms with E-state index >= 15 is 0 Å². The van der Waals surface area contributed by atoms with Gasteiger partial charge in [-0.2, -0.15) is 0 Å². The normalized spacial score (nSPS) is 19.1. The van der Waals surface area contributed by atoms with Crippen LogP contribution in [0.5, 0.6) is 11.5 Å². The number of nitrogens with zero attached hydrogens (tertiary/aromatic N) is 2. The Hall–Kier alpha value is -1.50. The van der Waals surface area contributed by atoms with Gasteiger partial charge in [0.05, 0.1) is 27.4 Å². The molecular formula is C18H29N3O3. The van der Waals surface area contributed by atoms with E-state index in [0.717, 1.165) is 76.1 Å². The summed E-state index contributed by atoms with van der Waals surface area (Å²) >= 11 is 0. The molecule has 1 fully saturated rings. The number of anilines is 1. The Labute approximate surface area is 144 Å². The van der Waals surface area contributed by atoms with Crippen molar-refractivity contribution in [3.05, 3.63) is 17.2 Å². The smallest absolute Gasteiger partial charge is 0.164 e. The van der Waals surface area contributed by atoms with Gasteiger partial charge in [-0.3, -0.25) is 9.80 Å². The van der Waals surface area contributed by atoms with Gasteiger partial charge in [0.15, 0.2) is 11.5 Å². The predicted molar refractivity (Wildman–Crippen MR) is 94.8 cm³/mol. The maximum absolute atomic E-state index is 6.26. The van der Waals surface area contributed by atoms with Crippen LogP contribution in [0.1, 0.15) is 17.5 Å². The van der Waals surface area contributed by atoms with Crippen molar-refractivity contribution in [3.8, 4) is 11.5 Å². The molecule has 2 heterocycles. The molecule has 0 atom stereocenters. The molecule has 0 saturated carbocycles. The van der Waals surface area contributed by atoms with Crippen LogP contribution in [0.4, 0.5) is 5.69 Å². The Morgan fingerprint density at radius 3 is 2.50 bits per heavy atom. The van der Waals surface area contributed by atoms with E-state index in [1.165, 1.54) is 17.5 Å². The molecule has 1 saturated heterocycles. The number of hydrogen-bond acceptors (Lipinski definition) is 6. The van der Waals surface area contributed by atoms with E-state index in [9.17, 15) is 0 Å². The summed E-state index contributed by atoms with van der Waals surface area (Å²) in [5, 5.41) is 0. The first-order valence-corrected chi connectivity index (χ1v) is 8.77. The fraction of sp³-hybridized carbons (Fsp3) is 0.667. The number of nitrogen functional groups attached to an aromatic ring is 1. The monoisotopic (exact) mass is 335 g/mol. The highest BCUT2D eigenvalue weighted by molar-refractivity contribution is 5.64. The van der Waals surface area contributed by atoms with Crippen molar-refractivity contribution in [2.75, 3.05) is 65.9 Å². The van der Waals surface area contributed by atoms with Crippen molar-refractivity contribution in [1.29, 1.82) is 0 Å². The number of ether oxygens (including phenoxy) is 3. The van der Waals surface area contributed by atoms with Gasteiger partial charge in [0.1, 0.15) is 0 Å². The van der Waals surface area contributed by atoms with Gasteiger partial charge in [0.25, 0.3) is 0 Å². The van der Waals surface area contributed by atoms with Crippen molar-refractivity contribution >= 4 is 5.69 Å². The molecule has 134 valence electrons. The standard InChI is InChI=1S/C18H29N3O3/c1-22-17-12-16(19)15-13-21(7-4-14(15)18(17)23-2)6-3-5-20-8-10-24-11-9-20/h12H,3-11,13,19H2,1-2H3. The molecule has 0 amide bonds. The van der Waals surface area contributed by atoms with Crippen LogP contribution in [0.25, 0.3) is 0 Å². The summed E-state index contributed by atoms with van der Waals surface area (Å²) in [7, 11) is 3.35. The van der Waals surface area contributed by atoms with E-state index in [1.807, 2.05) is 6.07 Å². The van der Waals surface area contributed by atoms with Crippen LogP contribution in [0.3, 0.4) is 0 Å². The summed E-state index contributed by atoms with van der Waals surface area (Å²) in [6.45, 7) is 8.05. The highest BCUT2D eigenvalue weighted by Gasteiger charge is 2.24. The maximum Gasteiger partial charge on any atom is 0.164 e. The Morgan fingerprint density at radius 2 is 1.79 bits per heavy atom. The van der Waals surface area contributed by atoms with Gasteiger partial charge < -0.3 is 19.9 Å². The van der Waals surface area contributed by atoms with Gasteiger partial charge in [0, 0.05) is 43.5 Å². The van der Waals surface area contributed by atoms with Gasteiger partial charge >= 0.3 is 0 Å². The molecule has 0 aromatic heterocycles. The molecule has 0 radical (unpaired) electrons. The third kappa shape index (κ3) is 3.77. The highest BCUT2D eigenvalue weighted by atomic mass is 16.5. The molecule has 1 aromatic rings. The molecule has 2 N–H and O–H groups in total. The van der Waals surface area contributed by atoms with Crippen molar-refractivity contribution in [2.24, 2.45) is 0 Å². The molecule has 2 aliphatic heterocycles. The van der Waals surface area contributed by atoms with Gasteiger partial charge in [-0.15, -0.1) is 0 Å². The van der Waals surface area contributed by atoms with Crippen LogP contribution in [-0.4, -0.2) is 70.0 Å². The zero-order valence-electron chi connectivity index (χ0n) is 14.8. The van der Waals surface area contributed by atoms with Gasteiger partial charge in [0.2, 0.25) is 0 Å². The zero-order chi connectivity index (χ0) is 16.9. The molecule has 0 aliphatic carbocycles. The van der Waals surface area contributed by atoms with E-state index in [-0.39, 0.29) is 0 Å². The second-order valence-corrected chi connectivity index (χ2v) is 6.49. The summed E-state index contributed by atoms with van der Waals surface area (Å²) < 4.78 is 16.4. The lowest BCUT2D eigenvalue weighted by Gasteiger charge is -2.32. The van der Waals surface area contributed by atoms with Crippen LogP contribution in [0, 0.1) is 0 Å². The number of rotatable bonds is 6. The van der Waals surface area contributed by atoms with Crippen LogP contribution < -0.4 is 15.2 Å². The third-order valence-electron chi connectivity index (χ3n) is 5.03. The molecule has 3 rings (SSSR count). The number of morpholine rings is 1. The molecule has 0 spiro atoms. The second-order valence-electron chi connectivity index (χ2n) is 6.49. The fourth-order valence-electron chi connectivity index (χ4n) is 3.69. The van der Waals surface area contributed by atoms with Gasteiger partial charge in [-0.25, -0.2) is 0 Å². The summed E-state index contributed by atoms with van der Waals surface area (Å²) in [6.07, 6.45) is 2.14. The molecule has 6 heteroatoms. The largest absolute Gasteiger partial charge is 0.493 e. The van der Waals surface area contributed by atoms with E-state index in [0.29, 0.717) is 0 Å². The average Bonchev–Trinajstić information content (AvgIpc) is 2.62. The summed E-state index contributed by atoms with van der Waals surface area (Å²) in [6, 6.07) is 1.88. The Bertz CT molecular complexity index is 559. The first-order valence-electron chi connectivity index (χ1n) is 8.77. The van der Waals surface area contributed by atoms with Crippen LogP contribution >= 0.6 is 0 Å². The minimum Gasteiger partial charge on any atom is -0.493 e. The van der Waals surface area contributed by atoms with Crippen molar-refractivity contribution in [3.63, 3.8) is 0 Å². The number of benzene rings is 1. The second kappa shape index (κ2) is 8.05. The quantitative estimate of drug-likeness (QED) is 0.792. The SMILES string of the molecule is COc1cc(N)c2c(c1OC)CCN(CCCN1CCOCC1)C2. The highest BCUT2D eigenvalue weighted by Crippen LogP contribution is 2.39. The molecule has 0 unspecified atom stereocenters. The number of fused-ring (bicyclic) bond motifs is 1. The summed E-state index contributed by atoms with van der Waals surface area (Å²) in [5.41, 5.74) is 9.48. The van der Waals surface area contributed by atoms with E-state index < -0.39 is 0 Å². The van der Waals surface area contributed by atoms with Crippen molar-refractivity contribution in [2.45, 2.75) is 19.4 Å². The third-order valence-corrected chi connectivity index (χ3v) is 5.03. The topological polar surface area (TPSA) is 60.2 Å². The van der Waals surface area contributed by atoms with Gasteiger partial charge in [-0.05, 0) is 31.5 Å². The molecular weight excluding hydrogens is 306 g/mol. The summed E-state index contributed by atoms with van der Waals surface area (Å²) in [5.74, 6) is 1.57. The van der Waals surface area contributed by atoms with E-state index in [4.69, 9.17) is 19.9 Å². The zero-order valence-corrected chi connectivity index (χ0v) is 14.8. The minimum absolute atomic E-state index is 0.731. The molecule has 6 nitrogen and oxygen atoms in total. The first kappa shape index (κ1) is 17.3. The lowest BCUT2D eigenvalue weighted by molar-refractivity contribution is 0.0359. The summed E-state index contributed by atoms with van der Waals surface area (Å²) in [4.78, 5) is 4.98. The number of nitrogens with two attached hydrogens (primary N) is 1. The molecule has 1 aromatic carbocycles.